The first-order chi connectivity index (χ1) is 7.04. The number of aryl methyl sites for hydroxylation is 1. The van der Waals surface area contributed by atoms with Crippen LogP contribution in [0.2, 0.25) is 0 Å². The molecule has 0 bridgehead atoms. The fourth-order valence-electron chi connectivity index (χ4n) is 2.20. The molecule has 0 amide bonds. The number of rotatable bonds is 1. The molecule has 0 saturated carbocycles. The maximum Gasteiger partial charge on any atom is 0.164 e. The first-order valence-corrected chi connectivity index (χ1v) is 5.25. The highest BCUT2D eigenvalue weighted by Crippen LogP contribution is 2.33. The van der Waals surface area contributed by atoms with E-state index in [-0.39, 0.29) is 0 Å². The van der Waals surface area contributed by atoms with Crippen LogP contribution in [0.25, 0.3) is 0 Å². The van der Waals surface area contributed by atoms with E-state index in [1.807, 2.05) is 6.92 Å². The lowest BCUT2D eigenvalue weighted by atomic mass is 9.89. The molecule has 1 aliphatic rings. The van der Waals surface area contributed by atoms with Crippen molar-refractivity contribution < 1.29 is 8.78 Å². The molecule has 0 radical (unpaired) electrons. The lowest BCUT2D eigenvalue weighted by Crippen LogP contribution is -2.34. The van der Waals surface area contributed by atoms with Crippen LogP contribution in [0.1, 0.15) is 30.9 Å². The molecular formula is C12H15F2N. The van der Waals surface area contributed by atoms with Gasteiger partial charge in [0.05, 0.1) is 0 Å². The summed E-state index contributed by atoms with van der Waals surface area (Å²) in [5, 5.41) is 3.23. The molecule has 0 aliphatic carbocycles. The zero-order chi connectivity index (χ0) is 11.1. The van der Waals surface area contributed by atoms with E-state index in [0.29, 0.717) is 11.1 Å². The average Bonchev–Trinajstić information content (AvgIpc) is 2.62. The van der Waals surface area contributed by atoms with Crippen LogP contribution in [0, 0.1) is 18.6 Å². The molecule has 1 atom stereocenters. The highest BCUT2D eigenvalue weighted by molar-refractivity contribution is 5.31. The molecular weight excluding hydrogens is 196 g/mol. The summed E-state index contributed by atoms with van der Waals surface area (Å²) in [4.78, 5) is 0. The number of hydrogen-bond donors (Lipinski definition) is 1. The van der Waals surface area contributed by atoms with Gasteiger partial charge in [-0.05, 0) is 38.8 Å². The summed E-state index contributed by atoms with van der Waals surface area (Å²) in [6.45, 7) is 4.37. The molecule has 3 heteroatoms. The average molecular weight is 211 g/mol. The highest BCUT2D eigenvalue weighted by atomic mass is 19.2. The van der Waals surface area contributed by atoms with E-state index in [9.17, 15) is 8.78 Å². The van der Waals surface area contributed by atoms with Crippen molar-refractivity contribution in [1.29, 1.82) is 0 Å². The maximum absolute atomic E-state index is 13.7. The molecule has 82 valence electrons. The van der Waals surface area contributed by atoms with Gasteiger partial charge in [-0.1, -0.05) is 12.1 Å². The van der Waals surface area contributed by atoms with E-state index < -0.39 is 17.2 Å². The molecule has 1 saturated heterocycles. The van der Waals surface area contributed by atoms with Crippen LogP contribution in [0.4, 0.5) is 8.78 Å². The summed E-state index contributed by atoms with van der Waals surface area (Å²) in [7, 11) is 0. The van der Waals surface area contributed by atoms with Crippen molar-refractivity contribution >= 4 is 0 Å². The minimum Gasteiger partial charge on any atom is -0.308 e. The Morgan fingerprint density at radius 2 is 2.00 bits per heavy atom. The molecule has 15 heavy (non-hydrogen) atoms. The van der Waals surface area contributed by atoms with E-state index in [1.54, 1.807) is 19.1 Å². The third-order valence-electron chi connectivity index (χ3n) is 3.24. The van der Waals surface area contributed by atoms with E-state index in [0.717, 1.165) is 19.4 Å². The van der Waals surface area contributed by atoms with Gasteiger partial charge in [0, 0.05) is 11.1 Å². The molecule has 1 aliphatic heterocycles. The van der Waals surface area contributed by atoms with E-state index >= 15 is 0 Å². The molecule has 1 aromatic rings. The smallest absolute Gasteiger partial charge is 0.164 e. The Morgan fingerprint density at radius 3 is 2.60 bits per heavy atom. The summed E-state index contributed by atoms with van der Waals surface area (Å²) >= 11 is 0. The van der Waals surface area contributed by atoms with Crippen molar-refractivity contribution in [2.24, 2.45) is 0 Å². The van der Waals surface area contributed by atoms with Gasteiger partial charge in [-0.15, -0.1) is 0 Å². The lowest BCUT2D eigenvalue weighted by molar-refractivity contribution is 0.394. The minimum atomic E-state index is -0.720. The second-order valence-electron chi connectivity index (χ2n) is 4.42. The Balaban J connectivity index is 2.49. The van der Waals surface area contributed by atoms with Crippen LogP contribution in [0.5, 0.6) is 0 Å². The zero-order valence-corrected chi connectivity index (χ0v) is 9.03. The van der Waals surface area contributed by atoms with Crippen LogP contribution >= 0.6 is 0 Å². The van der Waals surface area contributed by atoms with Gasteiger partial charge in [0.25, 0.3) is 0 Å². The topological polar surface area (TPSA) is 12.0 Å². The molecule has 1 aromatic carbocycles. The summed E-state index contributed by atoms with van der Waals surface area (Å²) in [5.74, 6) is -1.42. The fourth-order valence-corrected chi connectivity index (χ4v) is 2.20. The van der Waals surface area contributed by atoms with Gasteiger partial charge in [0.15, 0.2) is 11.6 Å². The van der Waals surface area contributed by atoms with Crippen molar-refractivity contribution in [3.05, 3.63) is 34.9 Å². The Bertz CT molecular complexity index is 381. The molecule has 1 nitrogen and oxygen atoms in total. The number of hydrogen-bond acceptors (Lipinski definition) is 1. The minimum absolute atomic E-state index is 0.359. The van der Waals surface area contributed by atoms with Crippen molar-refractivity contribution in [2.75, 3.05) is 6.54 Å². The number of benzene rings is 1. The van der Waals surface area contributed by atoms with Gasteiger partial charge < -0.3 is 5.32 Å². The fraction of sp³-hybridized carbons (Fsp3) is 0.500. The molecule has 1 N–H and O–H groups in total. The van der Waals surface area contributed by atoms with Gasteiger partial charge in [-0.25, -0.2) is 8.78 Å². The van der Waals surface area contributed by atoms with E-state index in [4.69, 9.17) is 0 Å². The van der Waals surface area contributed by atoms with Crippen molar-refractivity contribution in [2.45, 2.75) is 32.2 Å². The van der Waals surface area contributed by atoms with Crippen LogP contribution in [-0.4, -0.2) is 6.54 Å². The largest absolute Gasteiger partial charge is 0.308 e. The van der Waals surface area contributed by atoms with Gasteiger partial charge in [0.2, 0.25) is 0 Å². The summed E-state index contributed by atoms with van der Waals surface area (Å²) < 4.78 is 27.2. The molecule has 1 unspecified atom stereocenters. The van der Waals surface area contributed by atoms with Crippen molar-refractivity contribution in [3.63, 3.8) is 0 Å². The predicted molar refractivity (Wildman–Crippen MR) is 55.7 cm³/mol. The third-order valence-corrected chi connectivity index (χ3v) is 3.24. The molecule has 0 aromatic heterocycles. The number of halogens is 2. The summed E-state index contributed by atoms with van der Waals surface area (Å²) in [5.41, 5.74) is 0.402. The normalized spacial score (nSPS) is 25.9. The molecule has 1 fully saturated rings. The predicted octanol–water partition coefficient (Wildman–Crippen LogP) is 2.87. The molecule has 1 heterocycles. The van der Waals surface area contributed by atoms with E-state index in [1.165, 1.54) is 0 Å². The quantitative estimate of drug-likeness (QED) is 0.753. The summed E-state index contributed by atoms with van der Waals surface area (Å²) in [6.07, 6.45) is 1.86. The van der Waals surface area contributed by atoms with Crippen LogP contribution in [0.3, 0.4) is 0 Å². The van der Waals surface area contributed by atoms with Crippen LogP contribution in [-0.2, 0) is 5.54 Å². The van der Waals surface area contributed by atoms with Gasteiger partial charge in [-0.3, -0.25) is 0 Å². The first-order valence-electron chi connectivity index (χ1n) is 5.25. The lowest BCUT2D eigenvalue weighted by Gasteiger charge is -2.25. The Morgan fingerprint density at radius 1 is 1.27 bits per heavy atom. The second-order valence-corrected chi connectivity index (χ2v) is 4.42. The van der Waals surface area contributed by atoms with Crippen LogP contribution < -0.4 is 5.32 Å². The monoisotopic (exact) mass is 211 g/mol. The Kier molecular flexibility index (Phi) is 2.51. The van der Waals surface area contributed by atoms with Crippen LogP contribution in [0.15, 0.2) is 12.1 Å². The van der Waals surface area contributed by atoms with Gasteiger partial charge in [-0.2, -0.15) is 0 Å². The Hall–Kier alpha value is -0.960. The van der Waals surface area contributed by atoms with E-state index in [2.05, 4.69) is 5.32 Å². The first kappa shape index (κ1) is 10.6. The standard InChI is InChI=1S/C12H15F2N/c1-8-4-5-9(11(14)10(8)13)12(2)6-3-7-15-12/h4-5,15H,3,6-7H2,1-2H3. The third kappa shape index (κ3) is 1.65. The van der Waals surface area contributed by atoms with Gasteiger partial charge in [0.1, 0.15) is 0 Å². The van der Waals surface area contributed by atoms with Gasteiger partial charge >= 0.3 is 0 Å². The Labute approximate surface area is 88.5 Å². The molecule has 0 spiro atoms. The summed E-state index contributed by atoms with van der Waals surface area (Å²) in [6, 6.07) is 3.32. The second kappa shape index (κ2) is 3.56. The zero-order valence-electron chi connectivity index (χ0n) is 9.03. The number of nitrogens with one attached hydrogen (secondary N) is 1. The van der Waals surface area contributed by atoms with Crippen molar-refractivity contribution in [3.8, 4) is 0 Å². The highest BCUT2D eigenvalue weighted by Gasteiger charge is 2.33. The maximum atomic E-state index is 13.7. The molecule has 2 rings (SSSR count). The van der Waals surface area contributed by atoms with Crippen molar-refractivity contribution in [1.82, 2.24) is 5.32 Å². The SMILES string of the molecule is Cc1ccc(C2(C)CCCN2)c(F)c1F.